The van der Waals surface area contributed by atoms with Crippen molar-refractivity contribution in [2.24, 2.45) is 5.73 Å². The highest BCUT2D eigenvalue weighted by atomic mass is 19.2. The van der Waals surface area contributed by atoms with E-state index in [9.17, 15) is 17.6 Å². The van der Waals surface area contributed by atoms with Gasteiger partial charge in [0.15, 0.2) is 17.4 Å². The lowest BCUT2D eigenvalue weighted by Crippen LogP contribution is -2.04. The number of rotatable bonds is 4. The normalized spacial score (nSPS) is 11.1. The number of hydrogen-bond donors (Lipinski definition) is 1. The quantitative estimate of drug-likeness (QED) is 0.493. The van der Waals surface area contributed by atoms with Gasteiger partial charge in [-0.2, -0.15) is 8.78 Å². The zero-order valence-corrected chi connectivity index (χ0v) is 8.14. The predicted octanol–water partition coefficient (Wildman–Crippen LogP) is 2.14. The highest BCUT2D eigenvalue weighted by molar-refractivity contribution is 5.28. The van der Waals surface area contributed by atoms with Crippen LogP contribution in [0.25, 0.3) is 0 Å². The molecule has 0 bridgehead atoms. The Morgan fingerprint density at radius 3 is 2.12 bits per heavy atom. The Morgan fingerprint density at radius 2 is 1.62 bits per heavy atom. The first-order valence-corrected chi connectivity index (χ1v) is 4.38. The summed E-state index contributed by atoms with van der Waals surface area (Å²) in [5.74, 6) is -7.19. The molecule has 0 aliphatic rings. The molecule has 2 nitrogen and oxygen atoms in total. The monoisotopic (exact) mass is 235 g/mol. The van der Waals surface area contributed by atoms with Crippen LogP contribution in [0.3, 0.4) is 0 Å². The second kappa shape index (κ2) is 5.50. The Labute approximate surface area is 89.3 Å². The molecule has 0 radical (unpaired) electrons. The SMILES string of the molecule is NC/C=C/COc1c(F)c(F)cc(F)c1F. The van der Waals surface area contributed by atoms with E-state index in [0.717, 1.165) is 0 Å². The van der Waals surface area contributed by atoms with Crippen molar-refractivity contribution in [2.45, 2.75) is 0 Å². The van der Waals surface area contributed by atoms with E-state index < -0.39 is 29.0 Å². The lowest BCUT2D eigenvalue weighted by Gasteiger charge is -2.07. The van der Waals surface area contributed by atoms with Gasteiger partial charge in [0.25, 0.3) is 0 Å². The highest BCUT2D eigenvalue weighted by Crippen LogP contribution is 2.26. The van der Waals surface area contributed by atoms with Crippen LogP contribution in [0.5, 0.6) is 5.75 Å². The molecule has 0 fully saturated rings. The molecular weight excluding hydrogens is 226 g/mol. The van der Waals surface area contributed by atoms with Crippen LogP contribution in [0.1, 0.15) is 0 Å². The van der Waals surface area contributed by atoms with Crippen LogP contribution in [0.4, 0.5) is 17.6 Å². The van der Waals surface area contributed by atoms with Crippen molar-refractivity contribution in [1.29, 1.82) is 0 Å². The Bertz CT molecular complexity index is 380. The summed E-state index contributed by atoms with van der Waals surface area (Å²) < 4.78 is 55.9. The molecule has 2 N–H and O–H groups in total. The molecule has 0 aliphatic heterocycles. The molecule has 1 aromatic carbocycles. The van der Waals surface area contributed by atoms with E-state index >= 15 is 0 Å². The summed E-state index contributed by atoms with van der Waals surface area (Å²) in [5.41, 5.74) is 5.11. The summed E-state index contributed by atoms with van der Waals surface area (Å²) in [4.78, 5) is 0. The molecule has 0 atom stereocenters. The first kappa shape index (κ1) is 12.5. The largest absolute Gasteiger partial charge is 0.483 e. The minimum absolute atomic E-state index is 0.118. The highest BCUT2D eigenvalue weighted by Gasteiger charge is 2.19. The van der Waals surface area contributed by atoms with Crippen molar-refractivity contribution in [2.75, 3.05) is 13.2 Å². The second-order valence-electron chi connectivity index (χ2n) is 2.82. The maximum atomic E-state index is 13.0. The van der Waals surface area contributed by atoms with Gasteiger partial charge in [0, 0.05) is 12.6 Å². The Morgan fingerprint density at radius 1 is 1.06 bits per heavy atom. The van der Waals surface area contributed by atoms with E-state index in [4.69, 9.17) is 5.73 Å². The molecule has 88 valence electrons. The van der Waals surface area contributed by atoms with Gasteiger partial charge in [0.1, 0.15) is 6.61 Å². The van der Waals surface area contributed by atoms with Crippen LogP contribution in [0, 0.1) is 23.3 Å². The molecule has 0 spiro atoms. The summed E-state index contributed by atoms with van der Waals surface area (Å²) in [6.45, 7) is -0.000229. The minimum atomic E-state index is -1.56. The number of nitrogens with two attached hydrogens (primary N) is 1. The van der Waals surface area contributed by atoms with Gasteiger partial charge < -0.3 is 10.5 Å². The summed E-state index contributed by atoms with van der Waals surface area (Å²) in [6, 6.07) is 0.118. The number of benzene rings is 1. The van der Waals surface area contributed by atoms with Crippen LogP contribution in [-0.4, -0.2) is 13.2 Å². The van der Waals surface area contributed by atoms with E-state index in [-0.39, 0.29) is 19.2 Å². The van der Waals surface area contributed by atoms with E-state index in [2.05, 4.69) is 4.74 Å². The molecule has 0 saturated carbocycles. The van der Waals surface area contributed by atoms with Gasteiger partial charge in [-0.1, -0.05) is 12.2 Å². The van der Waals surface area contributed by atoms with Gasteiger partial charge in [-0.15, -0.1) is 0 Å². The maximum Gasteiger partial charge on any atom is 0.203 e. The van der Waals surface area contributed by atoms with Crippen LogP contribution in [0.2, 0.25) is 0 Å². The van der Waals surface area contributed by atoms with Crippen LogP contribution in [0.15, 0.2) is 18.2 Å². The van der Waals surface area contributed by atoms with Crippen LogP contribution >= 0.6 is 0 Å². The first-order valence-electron chi connectivity index (χ1n) is 4.38. The van der Waals surface area contributed by atoms with Gasteiger partial charge in [0.2, 0.25) is 11.6 Å². The van der Waals surface area contributed by atoms with E-state index in [1.807, 2.05) is 0 Å². The lowest BCUT2D eigenvalue weighted by atomic mass is 10.3. The van der Waals surface area contributed by atoms with Crippen LogP contribution in [-0.2, 0) is 0 Å². The zero-order valence-electron chi connectivity index (χ0n) is 8.14. The molecule has 16 heavy (non-hydrogen) atoms. The molecule has 0 aliphatic carbocycles. The summed E-state index contributed by atoms with van der Waals surface area (Å²) in [7, 11) is 0. The third-order valence-electron chi connectivity index (χ3n) is 1.70. The average molecular weight is 235 g/mol. The average Bonchev–Trinajstić information content (AvgIpc) is 2.25. The number of halogens is 4. The second-order valence-corrected chi connectivity index (χ2v) is 2.82. The summed E-state index contributed by atoms with van der Waals surface area (Å²) in [6.07, 6.45) is 2.85. The van der Waals surface area contributed by atoms with E-state index in [1.165, 1.54) is 12.2 Å². The van der Waals surface area contributed by atoms with Crippen molar-refractivity contribution >= 4 is 0 Å². The van der Waals surface area contributed by atoms with E-state index in [1.54, 1.807) is 0 Å². The third-order valence-corrected chi connectivity index (χ3v) is 1.70. The van der Waals surface area contributed by atoms with Gasteiger partial charge >= 0.3 is 0 Å². The standard InChI is InChI=1S/C10H9F4NO/c11-6-5-7(12)9(14)10(8(6)13)16-4-2-1-3-15/h1-2,5H,3-4,15H2/b2-1+. The molecule has 0 amide bonds. The predicted molar refractivity (Wildman–Crippen MR) is 50.0 cm³/mol. The Kier molecular flexibility index (Phi) is 4.30. The maximum absolute atomic E-state index is 13.0. The smallest absolute Gasteiger partial charge is 0.203 e. The third kappa shape index (κ3) is 2.73. The van der Waals surface area contributed by atoms with Gasteiger partial charge in [-0.25, -0.2) is 8.78 Å². The fraction of sp³-hybridized carbons (Fsp3) is 0.200. The molecule has 0 heterocycles. The summed E-state index contributed by atoms with van der Waals surface area (Å²) >= 11 is 0. The molecular formula is C10H9F4NO. The first-order chi connectivity index (χ1) is 7.57. The Balaban J connectivity index is 2.90. The van der Waals surface area contributed by atoms with Crippen LogP contribution < -0.4 is 10.5 Å². The topological polar surface area (TPSA) is 35.2 Å². The fourth-order valence-corrected chi connectivity index (χ4v) is 0.974. The van der Waals surface area contributed by atoms with Crippen molar-refractivity contribution in [3.8, 4) is 5.75 Å². The fourth-order valence-electron chi connectivity index (χ4n) is 0.974. The van der Waals surface area contributed by atoms with Crippen molar-refractivity contribution in [1.82, 2.24) is 0 Å². The molecule has 0 unspecified atom stereocenters. The molecule has 6 heteroatoms. The molecule has 1 aromatic rings. The molecule has 0 saturated heterocycles. The van der Waals surface area contributed by atoms with Gasteiger partial charge in [-0.05, 0) is 0 Å². The minimum Gasteiger partial charge on any atom is -0.483 e. The number of hydrogen-bond acceptors (Lipinski definition) is 2. The number of ether oxygens (including phenoxy) is 1. The van der Waals surface area contributed by atoms with Gasteiger partial charge in [0.05, 0.1) is 0 Å². The molecule has 0 aromatic heterocycles. The summed E-state index contributed by atoms with van der Waals surface area (Å²) in [5, 5.41) is 0. The van der Waals surface area contributed by atoms with Gasteiger partial charge in [-0.3, -0.25) is 0 Å². The van der Waals surface area contributed by atoms with Crippen molar-refractivity contribution < 1.29 is 22.3 Å². The lowest BCUT2D eigenvalue weighted by molar-refractivity contribution is 0.301. The Hall–Kier alpha value is -1.56. The van der Waals surface area contributed by atoms with Crippen molar-refractivity contribution in [3.63, 3.8) is 0 Å². The zero-order chi connectivity index (χ0) is 12.1. The molecule has 1 rings (SSSR count). The van der Waals surface area contributed by atoms with Crippen molar-refractivity contribution in [3.05, 3.63) is 41.5 Å². The van der Waals surface area contributed by atoms with E-state index in [0.29, 0.717) is 0 Å².